The summed E-state index contributed by atoms with van der Waals surface area (Å²) in [6.45, 7) is 11.0. The van der Waals surface area contributed by atoms with Crippen molar-refractivity contribution in [3.8, 4) is 0 Å². The van der Waals surface area contributed by atoms with Gasteiger partial charge in [-0.2, -0.15) is 12.6 Å². The monoisotopic (exact) mass is 331 g/mol. The van der Waals surface area contributed by atoms with Crippen molar-refractivity contribution in [2.45, 2.75) is 78.7 Å². The fourth-order valence-corrected chi connectivity index (χ4v) is 3.41. The van der Waals surface area contributed by atoms with Gasteiger partial charge in [0.2, 0.25) is 0 Å². The SMILES string of the molecule is CCC(C)CC(CC(C)CCCC(C)C)C(N)(CS)C(=O)O. The average Bonchev–Trinajstić information content (AvgIpc) is 2.44. The molecule has 4 atom stereocenters. The predicted molar refractivity (Wildman–Crippen MR) is 98.4 cm³/mol. The second-order valence-corrected chi connectivity index (χ2v) is 7.93. The highest BCUT2D eigenvalue weighted by Crippen LogP contribution is 2.33. The Kier molecular flexibility index (Phi) is 10.4. The molecule has 0 saturated carbocycles. The highest BCUT2D eigenvalue weighted by atomic mass is 32.1. The quantitative estimate of drug-likeness (QED) is 0.458. The van der Waals surface area contributed by atoms with Gasteiger partial charge in [0.1, 0.15) is 5.54 Å². The van der Waals surface area contributed by atoms with Crippen molar-refractivity contribution in [3.05, 3.63) is 0 Å². The van der Waals surface area contributed by atoms with Crippen molar-refractivity contribution < 1.29 is 9.90 Å². The summed E-state index contributed by atoms with van der Waals surface area (Å²) < 4.78 is 0. The van der Waals surface area contributed by atoms with Crippen LogP contribution in [-0.2, 0) is 4.79 Å². The lowest BCUT2D eigenvalue weighted by molar-refractivity contribution is -0.145. The number of rotatable bonds is 12. The normalized spacial score (nSPS) is 18.7. The van der Waals surface area contributed by atoms with Gasteiger partial charge in [-0.15, -0.1) is 0 Å². The molecule has 0 aromatic carbocycles. The van der Waals surface area contributed by atoms with Gasteiger partial charge in [0.15, 0.2) is 0 Å². The molecule has 0 aromatic heterocycles. The Balaban J connectivity index is 4.82. The van der Waals surface area contributed by atoms with Gasteiger partial charge in [0.05, 0.1) is 0 Å². The molecule has 132 valence electrons. The number of nitrogens with two attached hydrogens (primary N) is 1. The molecule has 4 heteroatoms. The van der Waals surface area contributed by atoms with Gasteiger partial charge in [-0.25, -0.2) is 0 Å². The third-order valence-corrected chi connectivity index (χ3v) is 5.46. The van der Waals surface area contributed by atoms with Crippen LogP contribution in [0.4, 0.5) is 0 Å². The smallest absolute Gasteiger partial charge is 0.324 e. The molecule has 0 spiro atoms. The maximum absolute atomic E-state index is 11.7. The lowest BCUT2D eigenvalue weighted by Gasteiger charge is -2.35. The van der Waals surface area contributed by atoms with E-state index in [2.05, 4.69) is 47.2 Å². The van der Waals surface area contributed by atoms with E-state index in [1.54, 1.807) is 0 Å². The van der Waals surface area contributed by atoms with Crippen molar-refractivity contribution in [2.24, 2.45) is 29.4 Å². The Morgan fingerprint density at radius 2 is 1.68 bits per heavy atom. The van der Waals surface area contributed by atoms with Gasteiger partial charge < -0.3 is 10.8 Å². The third-order valence-electron chi connectivity index (χ3n) is 4.94. The maximum atomic E-state index is 11.7. The zero-order valence-electron chi connectivity index (χ0n) is 15.1. The molecule has 3 nitrogen and oxygen atoms in total. The fraction of sp³-hybridized carbons (Fsp3) is 0.944. The van der Waals surface area contributed by atoms with Crippen LogP contribution in [0.25, 0.3) is 0 Å². The first-order chi connectivity index (χ1) is 10.2. The van der Waals surface area contributed by atoms with E-state index in [-0.39, 0.29) is 11.7 Å². The minimum absolute atomic E-state index is 0.00787. The van der Waals surface area contributed by atoms with Crippen LogP contribution in [0, 0.1) is 23.7 Å². The number of carboxylic acids is 1. The number of thiol groups is 1. The number of hydrogen-bond acceptors (Lipinski definition) is 3. The molecule has 0 aliphatic heterocycles. The molecule has 0 saturated heterocycles. The maximum Gasteiger partial charge on any atom is 0.324 e. The van der Waals surface area contributed by atoms with E-state index in [0.29, 0.717) is 11.8 Å². The Labute approximate surface area is 142 Å². The summed E-state index contributed by atoms with van der Waals surface area (Å²) >= 11 is 4.25. The van der Waals surface area contributed by atoms with E-state index in [0.717, 1.165) is 31.6 Å². The van der Waals surface area contributed by atoms with Gasteiger partial charge >= 0.3 is 5.97 Å². The number of hydrogen-bond donors (Lipinski definition) is 3. The molecule has 0 bridgehead atoms. The van der Waals surface area contributed by atoms with E-state index in [1.807, 2.05) is 0 Å². The minimum atomic E-state index is -1.21. The Bertz CT molecular complexity index is 322. The van der Waals surface area contributed by atoms with Gasteiger partial charge in [-0.1, -0.05) is 60.3 Å². The summed E-state index contributed by atoms with van der Waals surface area (Å²) in [4.78, 5) is 11.7. The van der Waals surface area contributed by atoms with Gasteiger partial charge in [-0.05, 0) is 36.5 Å². The van der Waals surface area contributed by atoms with E-state index < -0.39 is 11.5 Å². The predicted octanol–water partition coefficient (Wildman–Crippen LogP) is 4.60. The van der Waals surface area contributed by atoms with Crippen LogP contribution in [0.5, 0.6) is 0 Å². The zero-order chi connectivity index (χ0) is 17.3. The first-order valence-corrected chi connectivity index (χ1v) is 9.43. The van der Waals surface area contributed by atoms with Gasteiger partial charge in [0, 0.05) is 5.75 Å². The van der Waals surface area contributed by atoms with Crippen LogP contribution in [0.1, 0.15) is 73.1 Å². The first kappa shape index (κ1) is 21.8. The van der Waals surface area contributed by atoms with E-state index >= 15 is 0 Å². The third kappa shape index (κ3) is 7.36. The van der Waals surface area contributed by atoms with Crippen LogP contribution >= 0.6 is 12.6 Å². The molecule has 0 aromatic rings. The van der Waals surface area contributed by atoms with Crippen molar-refractivity contribution in [3.63, 3.8) is 0 Å². The molecule has 0 aliphatic rings. The molecule has 0 fully saturated rings. The molecule has 0 radical (unpaired) electrons. The van der Waals surface area contributed by atoms with Crippen LogP contribution in [0.15, 0.2) is 0 Å². The van der Waals surface area contributed by atoms with Crippen LogP contribution in [0.2, 0.25) is 0 Å². The zero-order valence-corrected chi connectivity index (χ0v) is 16.0. The van der Waals surface area contributed by atoms with E-state index in [1.165, 1.54) is 12.8 Å². The topological polar surface area (TPSA) is 63.3 Å². The standard InChI is InChI=1S/C18H37NO2S/c1-6-14(4)10-16(18(19,12-22)17(20)21)11-15(5)9-7-8-13(2)3/h13-16,22H,6-12,19H2,1-5H3,(H,20,21). The van der Waals surface area contributed by atoms with Crippen molar-refractivity contribution in [1.82, 2.24) is 0 Å². The van der Waals surface area contributed by atoms with Crippen molar-refractivity contribution >= 4 is 18.6 Å². The van der Waals surface area contributed by atoms with Crippen LogP contribution in [0.3, 0.4) is 0 Å². The van der Waals surface area contributed by atoms with Crippen molar-refractivity contribution in [1.29, 1.82) is 0 Å². The highest BCUT2D eigenvalue weighted by molar-refractivity contribution is 7.80. The largest absolute Gasteiger partial charge is 0.480 e. The summed E-state index contributed by atoms with van der Waals surface area (Å²) in [5.74, 6) is 1.01. The fourth-order valence-electron chi connectivity index (χ4n) is 3.02. The molecule has 0 aliphatic carbocycles. The number of carbonyl (C=O) groups is 1. The van der Waals surface area contributed by atoms with E-state index in [9.17, 15) is 9.90 Å². The molecular weight excluding hydrogens is 294 g/mol. The van der Waals surface area contributed by atoms with Gasteiger partial charge in [-0.3, -0.25) is 4.79 Å². The lowest BCUT2D eigenvalue weighted by Crippen LogP contribution is -2.56. The van der Waals surface area contributed by atoms with E-state index in [4.69, 9.17) is 5.73 Å². The Morgan fingerprint density at radius 3 is 2.09 bits per heavy atom. The number of carboxylic acid groups (broad SMARTS) is 1. The molecule has 0 heterocycles. The summed E-state index contributed by atoms with van der Waals surface area (Å²) in [6, 6.07) is 0. The summed E-state index contributed by atoms with van der Waals surface area (Å²) in [5.41, 5.74) is 5.03. The van der Waals surface area contributed by atoms with Crippen molar-refractivity contribution in [2.75, 3.05) is 5.75 Å². The van der Waals surface area contributed by atoms with Crippen LogP contribution in [-0.4, -0.2) is 22.4 Å². The number of aliphatic carboxylic acids is 1. The van der Waals surface area contributed by atoms with Crippen LogP contribution < -0.4 is 5.73 Å². The van der Waals surface area contributed by atoms with Gasteiger partial charge in [0.25, 0.3) is 0 Å². The Morgan fingerprint density at radius 1 is 1.14 bits per heavy atom. The second kappa shape index (κ2) is 10.5. The summed E-state index contributed by atoms with van der Waals surface area (Å²) in [7, 11) is 0. The Hall–Kier alpha value is -0.220. The molecule has 0 amide bonds. The molecule has 4 unspecified atom stereocenters. The molecule has 0 rings (SSSR count). The lowest BCUT2D eigenvalue weighted by atomic mass is 9.74. The molecule has 3 N–H and O–H groups in total. The highest BCUT2D eigenvalue weighted by Gasteiger charge is 2.41. The first-order valence-electron chi connectivity index (χ1n) is 8.80. The second-order valence-electron chi connectivity index (χ2n) is 7.62. The summed E-state index contributed by atoms with van der Waals surface area (Å²) in [6.07, 6.45) is 6.40. The average molecular weight is 332 g/mol. The molecule has 22 heavy (non-hydrogen) atoms. The molecular formula is C18H37NO2S. The summed E-state index contributed by atoms with van der Waals surface area (Å²) in [5, 5.41) is 9.58. The minimum Gasteiger partial charge on any atom is -0.480 e.